The minimum Gasteiger partial charge on any atom is -0.346 e. The van der Waals surface area contributed by atoms with Gasteiger partial charge in [-0.3, -0.25) is 9.59 Å². The normalized spacial score (nSPS) is 10.7. The van der Waals surface area contributed by atoms with Crippen LogP contribution in [0.2, 0.25) is 0 Å². The Balaban J connectivity index is 1.83. The predicted molar refractivity (Wildman–Crippen MR) is 82.6 cm³/mol. The lowest BCUT2D eigenvalue weighted by Crippen LogP contribution is -2.25. The summed E-state index contributed by atoms with van der Waals surface area (Å²) in [7, 11) is 0. The zero-order valence-corrected chi connectivity index (χ0v) is 12.2. The second-order valence-corrected chi connectivity index (χ2v) is 5.95. The van der Waals surface area contributed by atoms with E-state index >= 15 is 0 Å². The lowest BCUT2D eigenvalue weighted by Gasteiger charge is -2.05. The van der Waals surface area contributed by atoms with E-state index in [1.54, 1.807) is 24.4 Å². The number of rotatable bonds is 3. The van der Waals surface area contributed by atoms with E-state index in [0.29, 0.717) is 11.9 Å². The Morgan fingerprint density at radius 3 is 2.95 bits per heavy atom. The summed E-state index contributed by atoms with van der Waals surface area (Å²) in [6.45, 7) is 2.32. The molecular formula is C15H13N3O2S. The van der Waals surface area contributed by atoms with Gasteiger partial charge in [0.15, 0.2) is 0 Å². The van der Waals surface area contributed by atoms with Crippen LogP contribution in [0.3, 0.4) is 0 Å². The number of amides is 1. The number of fused-ring (bicyclic) bond motifs is 1. The van der Waals surface area contributed by atoms with Crippen LogP contribution in [0.5, 0.6) is 0 Å². The van der Waals surface area contributed by atoms with Crippen LogP contribution in [-0.2, 0) is 6.54 Å². The number of hydrogen-bond donors (Lipinski definition) is 2. The molecule has 3 rings (SSSR count). The highest BCUT2D eigenvalue weighted by molar-refractivity contribution is 7.11. The van der Waals surface area contributed by atoms with Crippen LogP contribution in [0.1, 0.15) is 20.4 Å². The zero-order valence-electron chi connectivity index (χ0n) is 11.3. The van der Waals surface area contributed by atoms with Gasteiger partial charge >= 0.3 is 0 Å². The number of aryl methyl sites for hydroxylation is 1. The molecule has 2 aromatic heterocycles. The number of H-pyrrole nitrogens is 1. The molecule has 3 aromatic rings. The van der Waals surface area contributed by atoms with Gasteiger partial charge in [-0.25, -0.2) is 4.98 Å². The van der Waals surface area contributed by atoms with Crippen molar-refractivity contribution in [3.63, 3.8) is 0 Å². The first-order chi connectivity index (χ1) is 10.1. The van der Waals surface area contributed by atoms with Gasteiger partial charge in [0.2, 0.25) is 0 Å². The molecule has 0 saturated carbocycles. The summed E-state index contributed by atoms with van der Waals surface area (Å²) in [5.74, 6) is -0.302. The Morgan fingerprint density at radius 1 is 1.38 bits per heavy atom. The molecule has 0 spiro atoms. The molecule has 0 fully saturated rings. The maximum atomic E-state index is 12.1. The maximum absolute atomic E-state index is 12.1. The van der Waals surface area contributed by atoms with Crippen LogP contribution in [0, 0.1) is 6.92 Å². The van der Waals surface area contributed by atoms with Gasteiger partial charge in [0.1, 0.15) is 5.69 Å². The van der Waals surface area contributed by atoms with Gasteiger partial charge in [-0.1, -0.05) is 18.2 Å². The molecule has 1 aromatic carbocycles. The molecular weight excluding hydrogens is 286 g/mol. The van der Waals surface area contributed by atoms with Crippen molar-refractivity contribution in [3.05, 3.63) is 62.5 Å². The third-order valence-corrected chi connectivity index (χ3v) is 4.00. The molecule has 21 heavy (non-hydrogen) atoms. The van der Waals surface area contributed by atoms with Crippen LogP contribution in [-0.4, -0.2) is 15.9 Å². The lowest BCUT2D eigenvalue weighted by atomic mass is 10.1. The van der Waals surface area contributed by atoms with Crippen LogP contribution in [0.25, 0.3) is 10.8 Å². The zero-order chi connectivity index (χ0) is 14.8. The van der Waals surface area contributed by atoms with E-state index in [9.17, 15) is 9.59 Å². The van der Waals surface area contributed by atoms with E-state index in [-0.39, 0.29) is 17.2 Å². The van der Waals surface area contributed by atoms with Gasteiger partial charge < -0.3 is 10.3 Å². The third-order valence-electron chi connectivity index (χ3n) is 3.09. The van der Waals surface area contributed by atoms with Crippen molar-refractivity contribution in [2.75, 3.05) is 0 Å². The number of nitrogens with one attached hydrogen (secondary N) is 2. The number of carbonyl (C=O) groups is 1. The van der Waals surface area contributed by atoms with Crippen molar-refractivity contribution < 1.29 is 4.79 Å². The van der Waals surface area contributed by atoms with Gasteiger partial charge in [0, 0.05) is 16.5 Å². The Morgan fingerprint density at radius 2 is 2.19 bits per heavy atom. The van der Waals surface area contributed by atoms with Gasteiger partial charge in [-0.05, 0) is 24.4 Å². The fourth-order valence-electron chi connectivity index (χ4n) is 2.08. The topological polar surface area (TPSA) is 74.8 Å². The van der Waals surface area contributed by atoms with Crippen LogP contribution >= 0.6 is 11.3 Å². The highest BCUT2D eigenvalue weighted by Crippen LogP contribution is 2.12. The molecule has 2 heterocycles. The van der Waals surface area contributed by atoms with E-state index in [4.69, 9.17) is 0 Å². The minimum atomic E-state index is -0.302. The molecule has 2 N–H and O–H groups in total. The van der Waals surface area contributed by atoms with Crippen molar-refractivity contribution in [2.45, 2.75) is 13.5 Å². The van der Waals surface area contributed by atoms with Crippen molar-refractivity contribution in [1.82, 2.24) is 15.3 Å². The molecule has 1 amide bonds. The van der Waals surface area contributed by atoms with Crippen molar-refractivity contribution in [3.8, 4) is 0 Å². The molecule has 0 aliphatic carbocycles. The summed E-state index contributed by atoms with van der Waals surface area (Å²) in [6.07, 6.45) is 1.74. The largest absolute Gasteiger partial charge is 0.346 e. The van der Waals surface area contributed by atoms with E-state index in [1.165, 1.54) is 11.3 Å². The molecule has 0 unspecified atom stereocenters. The molecule has 0 atom stereocenters. The number of nitrogens with zero attached hydrogens (tertiary/aromatic N) is 1. The Labute approximate surface area is 124 Å². The Hall–Kier alpha value is -2.47. The second kappa shape index (κ2) is 5.49. The maximum Gasteiger partial charge on any atom is 0.268 e. The van der Waals surface area contributed by atoms with Gasteiger partial charge in [-0.15, -0.1) is 11.3 Å². The van der Waals surface area contributed by atoms with Crippen LogP contribution in [0.15, 0.2) is 41.3 Å². The van der Waals surface area contributed by atoms with E-state index in [2.05, 4.69) is 15.3 Å². The van der Waals surface area contributed by atoms with Crippen LogP contribution in [0.4, 0.5) is 0 Å². The molecule has 0 aliphatic rings. The first-order valence-electron chi connectivity index (χ1n) is 6.45. The summed E-state index contributed by atoms with van der Waals surface area (Å²) in [5, 5.41) is 5.06. The smallest absolute Gasteiger partial charge is 0.268 e. The molecule has 0 radical (unpaired) electrons. The summed E-state index contributed by atoms with van der Waals surface area (Å²) < 4.78 is 0. The standard InChI is InChI=1S/C15H13N3O2S/c1-9-16-7-11(21-9)8-17-15(20)13-6-10-4-2-3-5-12(10)14(19)18-13/h2-7H,8H2,1H3,(H,17,20)(H,18,19). The number of aromatic nitrogens is 2. The fourth-order valence-corrected chi connectivity index (χ4v) is 2.82. The first-order valence-corrected chi connectivity index (χ1v) is 7.27. The second-order valence-electron chi connectivity index (χ2n) is 4.63. The summed E-state index contributed by atoms with van der Waals surface area (Å²) in [6, 6.07) is 8.86. The number of aromatic amines is 1. The number of carbonyl (C=O) groups excluding carboxylic acids is 1. The first kappa shape index (κ1) is 13.5. The molecule has 0 saturated heterocycles. The minimum absolute atomic E-state index is 0.258. The van der Waals surface area contributed by atoms with Crippen LogP contribution < -0.4 is 10.9 Å². The predicted octanol–water partition coefficient (Wildman–Crippen LogP) is 2.22. The molecule has 5 nitrogen and oxygen atoms in total. The summed E-state index contributed by atoms with van der Waals surface area (Å²) >= 11 is 1.53. The van der Waals surface area contributed by atoms with Crippen molar-refractivity contribution >= 4 is 28.0 Å². The van der Waals surface area contributed by atoms with Crippen molar-refractivity contribution in [2.24, 2.45) is 0 Å². The average molecular weight is 299 g/mol. The average Bonchev–Trinajstić information content (AvgIpc) is 2.90. The number of hydrogen-bond acceptors (Lipinski definition) is 4. The Kier molecular flexibility index (Phi) is 3.53. The highest BCUT2D eigenvalue weighted by Gasteiger charge is 2.09. The van der Waals surface area contributed by atoms with E-state index in [1.807, 2.05) is 19.1 Å². The number of pyridine rings is 1. The van der Waals surface area contributed by atoms with E-state index in [0.717, 1.165) is 15.3 Å². The molecule has 0 bridgehead atoms. The Bertz CT molecular complexity index is 866. The quantitative estimate of drug-likeness (QED) is 0.778. The van der Waals surface area contributed by atoms with Gasteiger partial charge in [0.25, 0.3) is 11.5 Å². The number of thiazole rings is 1. The van der Waals surface area contributed by atoms with Crippen molar-refractivity contribution in [1.29, 1.82) is 0 Å². The summed E-state index contributed by atoms with van der Waals surface area (Å²) in [5.41, 5.74) is 0.00632. The third kappa shape index (κ3) is 2.85. The van der Waals surface area contributed by atoms with E-state index < -0.39 is 0 Å². The molecule has 106 valence electrons. The fraction of sp³-hybridized carbons (Fsp3) is 0.133. The molecule has 6 heteroatoms. The summed E-state index contributed by atoms with van der Waals surface area (Å²) in [4.78, 5) is 31.8. The molecule has 0 aliphatic heterocycles. The van der Waals surface area contributed by atoms with Gasteiger partial charge in [-0.2, -0.15) is 0 Å². The van der Waals surface area contributed by atoms with Gasteiger partial charge in [0.05, 0.1) is 11.6 Å². The number of benzene rings is 1. The highest BCUT2D eigenvalue weighted by atomic mass is 32.1. The lowest BCUT2D eigenvalue weighted by molar-refractivity contribution is 0.0946. The SMILES string of the molecule is Cc1ncc(CNC(=O)c2cc3ccccc3c(=O)[nH]2)s1. The monoisotopic (exact) mass is 299 g/mol.